The number of hydrogen-bond acceptors (Lipinski definition) is 3. The van der Waals surface area contributed by atoms with E-state index in [-0.39, 0.29) is 21.8 Å². The number of carbonyl (C=O) groups is 2. The van der Waals surface area contributed by atoms with Crippen molar-refractivity contribution in [3.05, 3.63) is 45.2 Å². The number of amides is 1. The summed E-state index contributed by atoms with van der Waals surface area (Å²) in [5.41, 5.74) is 10.3. The molecule has 0 fully saturated rings. The Kier molecular flexibility index (Phi) is 3.70. The van der Waals surface area contributed by atoms with Gasteiger partial charge in [-0.25, -0.2) is 0 Å². The van der Waals surface area contributed by atoms with Crippen LogP contribution in [0.5, 0.6) is 5.75 Å². The minimum absolute atomic E-state index is 0.101. The van der Waals surface area contributed by atoms with E-state index in [0.717, 1.165) is 34.6 Å². The van der Waals surface area contributed by atoms with Gasteiger partial charge in [0.1, 0.15) is 5.75 Å². The second-order valence-electron chi connectivity index (χ2n) is 7.93. The molecule has 4 rings (SSSR count). The predicted molar refractivity (Wildman–Crippen MR) is 99.7 cm³/mol. The van der Waals surface area contributed by atoms with Gasteiger partial charge in [0.2, 0.25) is 5.91 Å². The van der Waals surface area contributed by atoms with Crippen LogP contribution in [0.3, 0.4) is 0 Å². The largest absolute Gasteiger partial charge is 0.491 e. The fraction of sp³-hybridized carbons (Fsp3) is 0.400. The van der Waals surface area contributed by atoms with E-state index in [4.69, 9.17) is 22.1 Å². The first-order chi connectivity index (χ1) is 12.2. The van der Waals surface area contributed by atoms with Crippen LogP contribution < -0.4 is 10.5 Å². The molecular weight excluding hydrogens is 352 g/mol. The Morgan fingerprint density at radius 1 is 1.27 bits per heavy atom. The molecule has 0 bridgehead atoms. The van der Waals surface area contributed by atoms with Crippen LogP contribution in [0.25, 0.3) is 5.69 Å². The van der Waals surface area contributed by atoms with Crippen LogP contribution in [-0.4, -0.2) is 22.9 Å². The van der Waals surface area contributed by atoms with Gasteiger partial charge < -0.3 is 15.0 Å². The lowest BCUT2D eigenvalue weighted by Crippen LogP contribution is -2.28. The van der Waals surface area contributed by atoms with E-state index in [2.05, 4.69) is 18.4 Å². The van der Waals surface area contributed by atoms with Gasteiger partial charge in [0.25, 0.3) is 0 Å². The van der Waals surface area contributed by atoms with Crippen molar-refractivity contribution in [3.63, 3.8) is 0 Å². The molecule has 2 aliphatic rings. The standard InChI is InChI=1S/C20H21ClN2O3/c1-10-13-4-5-26-17-6-11(19(22)25)12(21)7-14(17)23(13)15-8-20(2,3)9-16(24)18(10)15/h6-7H,4-5,8-9H2,1-3H3,(H2,22,25). The van der Waals surface area contributed by atoms with Crippen molar-refractivity contribution in [2.75, 3.05) is 6.61 Å². The number of Topliss-reactive ketones (excluding diaryl/α,β-unsaturated/α-hetero) is 1. The second kappa shape index (κ2) is 5.61. The van der Waals surface area contributed by atoms with Gasteiger partial charge in [-0.15, -0.1) is 0 Å². The molecule has 0 saturated carbocycles. The number of carbonyl (C=O) groups excluding carboxylic acids is 2. The third-order valence-electron chi connectivity index (χ3n) is 5.35. The molecule has 0 atom stereocenters. The van der Waals surface area contributed by atoms with Crippen LogP contribution in [0.4, 0.5) is 0 Å². The summed E-state index contributed by atoms with van der Waals surface area (Å²) < 4.78 is 8.00. The third-order valence-corrected chi connectivity index (χ3v) is 5.66. The van der Waals surface area contributed by atoms with Gasteiger partial charge in [-0.1, -0.05) is 25.4 Å². The van der Waals surface area contributed by atoms with Gasteiger partial charge in [0.05, 0.1) is 22.9 Å². The predicted octanol–water partition coefficient (Wildman–Crippen LogP) is 3.63. The number of nitrogens with zero attached hydrogens (tertiary/aromatic N) is 1. The highest BCUT2D eigenvalue weighted by molar-refractivity contribution is 6.34. The molecule has 0 spiro atoms. The zero-order valence-corrected chi connectivity index (χ0v) is 15.9. The van der Waals surface area contributed by atoms with Crippen molar-refractivity contribution in [1.29, 1.82) is 0 Å². The van der Waals surface area contributed by atoms with E-state index in [1.54, 1.807) is 12.1 Å². The molecule has 2 aromatic rings. The van der Waals surface area contributed by atoms with Gasteiger partial charge in [-0.3, -0.25) is 9.59 Å². The smallest absolute Gasteiger partial charge is 0.250 e. The van der Waals surface area contributed by atoms with Crippen LogP contribution in [0.15, 0.2) is 12.1 Å². The Bertz CT molecular complexity index is 972. The van der Waals surface area contributed by atoms with Gasteiger partial charge in [0, 0.05) is 29.8 Å². The van der Waals surface area contributed by atoms with Crippen LogP contribution >= 0.6 is 11.6 Å². The lowest BCUT2D eigenvalue weighted by Gasteiger charge is -2.30. The molecule has 2 heterocycles. The fourth-order valence-electron chi connectivity index (χ4n) is 4.25. The summed E-state index contributed by atoms with van der Waals surface area (Å²) in [5.74, 6) is 0.167. The molecule has 1 aromatic carbocycles. The zero-order chi connectivity index (χ0) is 18.8. The SMILES string of the molecule is Cc1c2c(n3c1CCOc1cc(C(N)=O)c(Cl)cc1-3)CC(C)(C)CC2=O. The van der Waals surface area contributed by atoms with Crippen molar-refractivity contribution in [3.8, 4) is 11.4 Å². The van der Waals surface area contributed by atoms with Crippen LogP contribution in [0, 0.1) is 12.3 Å². The summed E-state index contributed by atoms with van der Waals surface area (Å²) in [7, 11) is 0. The minimum Gasteiger partial charge on any atom is -0.491 e. The Morgan fingerprint density at radius 3 is 2.69 bits per heavy atom. The van der Waals surface area contributed by atoms with Crippen LogP contribution in [0.1, 0.15) is 57.9 Å². The summed E-state index contributed by atoms with van der Waals surface area (Å²) in [6, 6.07) is 3.32. The van der Waals surface area contributed by atoms with E-state index < -0.39 is 5.91 Å². The number of ketones is 1. The molecule has 2 N–H and O–H groups in total. The van der Waals surface area contributed by atoms with E-state index in [1.165, 1.54) is 0 Å². The molecule has 5 nitrogen and oxygen atoms in total. The van der Waals surface area contributed by atoms with E-state index in [9.17, 15) is 9.59 Å². The highest BCUT2D eigenvalue weighted by Crippen LogP contribution is 2.43. The Labute approximate surface area is 157 Å². The first-order valence-corrected chi connectivity index (χ1v) is 9.10. The number of rotatable bonds is 1. The first-order valence-electron chi connectivity index (χ1n) is 8.72. The molecule has 1 amide bonds. The van der Waals surface area contributed by atoms with Crippen LogP contribution in [0.2, 0.25) is 5.02 Å². The number of nitrogens with two attached hydrogens (primary N) is 1. The quantitative estimate of drug-likeness (QED) is 0.830. The van der Waals surface area contributed by atoms with E-state index in [0.29, 0.717) is 25.2 Å². The molecule has 136 valence electrons. The molecule has 1 aliphatic heterocycles. The molecule has 6 heteroatoms. The number of hydrogen-bond donors (Lipinski definition) is 1. The van der Waals surface area contributed by atoms with Crippen molar-refractivity contribution in [2.45, 2.75) is 40.0 Å². The van der Waals surface area contributed by atoms with Crippen molar-refractivity contribution >= 4 is 23.3 Å². The average Bonchev–Trinajstić information content (AvgIpc) is 2.68. The summed E-state index contributed by atoms with van der Waals surface area (Å²) in [5, 5.41) is 0.286. The van der Waals surface area contributed by atoms with Gasteiger partial charge >= 0.3 is 0 Å². The summed E-state index contributed by atoms with van der Waals surface area (Å²) in [6.45, 7) is 6.69. The lowest BCUT2D eigenvalue weighted by molar-refractivity contribution is 0.0909. The van der Waals surface area contributed by atoms with Gasteiger partial charge in [-0.2, -0.15) is 0 Å². The number of fused-ring (bicyclic) bond motifs is 5. The Hall–Kier alpha value is -2.27. The van der Waals surface area contributed by atoms with Crippen LogP contribution in [-0.2, 0) is 12.8 Å². The summed E-state index contributed by atoms with van der Waals surface area (Å²) >= 11 is 6.31. The summed E-state index contributed by atoms with van der Waals surface area (Å²) in [4.78, 5) is 24.5. The Morgan fingerprint density at radius 2 is 2.00 bits per heavy atom. The number of halogens is 1. The average molecular weight is 373 g/mol. The molecule has 1 aromatic heterocycles. The van der Waals surface area contributed by atoms with Crippen molar-refractivity contribution < 1.29 is 14.3 Å². The molecular formula is C20H21ClN2O3. The second-order valence-corrected chi connectivity index (χ2v) is 8.34. The molecule has 1 aliphatic carbocycles. The monoisotopic (exact) mass is 372 g/mol. The molecule has 0 saturated heterocycles. The highest BCUT2D eigenvalue weighted by atomic mass is 35.5. The number of primary amides is 1. The van der Waals surface area contributed by atoms with E-state index >= 15 is 0 Å². The number of aromatic nitrogens is 1. The Balaban J connectivity index is 2.03. The number of ether oxygens (including phenoxy) is 1. The lowest BCUT2D eigenvalue weighted by atomic mass is 9.75. The molecule has 26 heavy (non-hydrogen) atoms. The first kappa shape index (κ1) is 17.2. The fourth-order valence-corrected chi connectivity index (χ4v) is 4.50. The third kappa shape index (κ3) is 2.45. The molecule has 0 radical (unpaired) electrons. The number of benzene rings is 1. The summed E-state index contributed by atoms with van der Waals surface area (Å²) in [6.07, 6.45) is 2.03. The maximum atomic E-state index is 12.8. The highest BCUT2D eigenvalue weighted by Gasteiger charge is 2.37. The van der Waals surface area contributed by atoms with Gasteiger partial charge in [0.15, 0.2) is 5.78 Å². The molecule has 0 unspecified atom stereocenters. The topological polar surface area (TPSA) is 74.3 Å². The van der Waals surface area contributed by atoms with Gasteiger partial charge in [-0.05, 0) is 36.5 Å². The van der Waals surface area contributed by atoms with Crippen molar-refractivity contribution in [2.24, 2.45) is 11.1 Å². The van der Waals surface area contributed by atoms with E-state index in [1.807, 2.05) is 6.92 Å². The maximum absolute atomic E-state index is 12.8. The van der Waals surface area contributed by atoms with Crippen molar-refractivity contribution in [1.82, 2.24) is 4.57 Å². The normalized spacial score (nSPS) is 17.6. The maximum Gasteiger partial charge on any atom is 0.250 e. The zero-order valence-electron chi connectivity index (χ0n) is 15.1. The minimum atomic E-state index is -0.590.